The van der Waals surface area contributed by atoms with Crippen molar-refractivity contribution in [3.8, 4) is 0 Å². The van der Waals surface area contributed by atoms with Crippen molar-refractivity contribution in [1.29, 1.82) is 0 Å². The number of aryl methyl sites for hydroxylation is 2. The number of rotatable bonds is 6. The molecule has 8 heteroatoms. The van der Waals surface area contributed by atoms with Crippen LogP contribution in [0.5, 0.6) is 0 Å². The predicted molar refractivity (Wildman–Crippen MR) is 97.7 cm³/mol. The fourth-order valence-corrected chi connectivity index (χ4v) is 2.08. The molecule has 3 N–H and O–H groups in total. The van der Waals surface area contributed by atoms with E-state index in [0.717, 1.165) is 5.82 Å². The fraction of sp³-hybridized carbons (Fsp3) is 0.353. The van der Waals surface area contributed by atoms with E-state index in [2.05, 4.69) is 25.9 Å². The summed E-state index contributed by atoms with van der Waals surface area (Å²) in [6.07, 6.45) is 0. The third-order valence-corrected chi connectivity index (χ3v) is 3.43. The highest BCUT2D eigenvalue weighted by atomic mass is 19.1. The van der Waals surface area contributed by atoms with Crippen molar-refractivity contribution in [3.63, 3.8) is 0 Å². The summed E-state index contributed by atoms with van der Waals surface area (Å²) >= 11 is 0. The van der Waals surface area contributed by atoms with E-state index >= 15 is 0 Å². The van der Waals surface area contributed by atoms with Crippen LogP contribution in [0.4, 0.5) is 26.5 Å². The van der Waals surface area contributed by atoms with Crippen LogP contribution in [0.2, 0.25) is 0 Å². The van der Waals surface area contributed by atoms with E-state index < -0.39 is 6.03 Å². The van der Waals surface area contributed by atoms with E-state index in [1.807, 2.05) is 32.0 Å². The molecule has 1 aromatic carbocycles. The van der Waals surface area contributed by atoms with Crippen molar-refractivity contribution < 1.29 is 9.18 Å². The highest BCUT2D eigenvalue weighted by molar-refractivity contribution is 5.89. The molecule has 0 aliphatic rings. The van der Waals surface area contributed by atoms with Crippen LogP contribution in [0, 0.1) is 19.7 Å². The Balaban J connectivity index is 1.79. The minimum absolute atomic E-state index is 0.352. The number of amides is 2. The van der Waals surface area contributed by atoms with Crippen molar-refractivity contribution in [3.05, 3.63) is 41.5 Å². The monoisotopic (exact) mass is 346 g/mol. The molecule has 0 spiro atoms. The first kappa shape index (κ1) is 18.4. The Bertz CT molecular complexity index is 750. The molecule has 2 rings (SSSR count). The second kappa shape index (κ2) is 8.27. The first-order chi connectivity index (χ1) is 11.8. The molecule has 0 fully saturated rings. The summed E-state index contributed by atoms with van der Waals surface area (Å²) in [7, 11) is 3.82. The summed E-state index contributed by atoms with van der Waals surface area (Å²) in [5, 5.41) is 8.43. The van der Waals surface area contributed by atoms with Crippen LogP contribution in [0.3, 0.4) is 0 Å². The smallest absolute Gasteiger partial charge is 0.319 e. The van der Waals surface area contributed by atoms with E-state index in [1.165, 1.54) is 6.07 Å². The molecule has 1 heterocycles. The Morgan fingerprint density at radius 2 is 1.92 bits per heavy atom. The van der Waals surface area contributed by atoms with Gasteiger partial charge in [-0.15, -0.1) is 0 Å². The summed E-state index contributed by atoms with van der Waals surface area (Å²) in [5.41, 5.74) is 0.947. The summed E-state index contributed by atoms with van der Waals surface area (Å²) in [6, 6.07) is 6.01. The molecule has 0 saturated heterocycles. The third-order valence-electron chi connectivity index (χ3n) is 3.43. The van der Waals surface area contributed by atoms with Crippen LogP contribution in [0.15, 0.2) is 24.3 Å². The molecule has 0 radical (unpaired) electrons. The van der Waals surface area contributed by atoms with Crippen LogP contribution in [0.25, 0.3) is 0 Å². The highest BCUT2D eigenvalue weighted by Gasteiger charge is 2.05. The molecular formula is C17H23FN6O. The van der Waals surface area contributed by atoms with Crippen molar-refractivity contribution in [2.24, 2.45) is 0 Å². The second-order valence-corrected chi connectivity index (χ2v) is 5.82. The lowest BCUT2D eigenvalue weighted by Crippen LogP contribution is -2.32. The topological polar surface area (TPSA) is 82.2 Å². The molecule has 0 aliphatic carbocycles. The van der Waals surface area contributed by atoms with Gasteiger partial charge in [0.15, 0.2) is 0 Å². The number of nitrogens with zero attached hydrogens (tertiary/aromatic N) is 3. The molecule has 2 aromatic rings. The third kappa shape index (κ3) is 5.59. The largest absolute Gasteiger partial charge is 0.368 e. The van der Waals surface area contributed by atoms with E-state index in [4.69, 9.17) is 0 Å². The van der Waals surface area contributed by atoms with Crippen molar-refractivity contribution >= 4 is 23.4 Å². The number of hydrogen-bond acceptors (Lipinski definition) is 5. The molecule has 25 heavy (non-hydrogen) atoms. The Morgan fingerprint density at radius 3 is 2.60 bits per heavy atom. The molecule has 0 bridgehead atoms. The molecule has 7 nitrogen and oxygen atoms in total. The Morgan fingerprint density at radius 1 is 1.16 bits per heavy atom. The van der Waals surface area contributed by atoms with Gasteiger partial charge >= 0.3 is 6.03 Å². The first-order valence-corrected chi connectivity index (χ1v) is 7.93. The number of carbonyl (C=O) groups excluding carboxylic acids is 1. The molecule has 1 aromatic heterocycles. The number of halogens is 1. The van der Waals surface area contributed by atoms with E-state index in [-0.39, 0.29) is 5.82 Å². The number of benzene rings is 1. The van der Waals surface area contributed by atoms with E-state index in [1.54, 1.807) is 19.1 Å². The second-order valence-electron chi connectivity index (χ2n) is 5.82. The minimum atomic E-state index is -0.391. The summed E-state index contributed by atoms with van der Waals surface area (Å²) < 4.78 is 13.4. The van der Waals surface area contributed by atoms with Gasteiger partial charge in [-0.1, -0.05) is 6.07 Å². The van der Waals surface area contributed by atoms with Gasteiger partial charge in [0.25, 0.3) is 0 Å². The molecule has 0 saturated carbocycles. The predicted octanol–water partition coefficient (Wildman–Crippen LogP) is 2.53. The Kier molecular flexibility index (Phi) is 6.10. The molecule has 0 atom stereocenters. The summed E-state index contributed by atoms with van der Waals surface area (Å²) in [5.74, 6) is 1.82. The van der Waals surface area contributed by atoms with Crippen molar-refractivity contribution in [2.75, 3.05) is 42.7 Å². The maximum absolute atomic E-state index is 13.4. The maximum Gasteiger partial charge on any atom is 0.319 e. The van der Waals surface area contributed by atoms with Gasteiger partial charge in [0.1, 0.15) is 23.3 Å². The number of carbonyl (C=O) groups is 1. The van der Waals surface area contributed by atoms with Crippen LogP contribution in [0.1, 0.15) is 11.4 Å². The van der Waals surface area contributed by atoms with Gasteiger partial charge in [-0.25, -0.2) is 19.2 Å². The Labute approximate surface area is 146 Å². The average Bonchev–Trinajstić information content (AvgIpc) is 2.54. The molecule has 134 valence electrons. The lowest BCUT2D eigenvalue weighted by molar-refractivity contribution is 0.252. The van der Waals surface area contributed by atoms with Crippen molar-refractivity contribution in [1.82, 2.24) is 15.3 Å². The minimum Gasteiger partial charge on any atom is -0.368 e. The first-order valence-electron chi connectivity index (χ1n) is 7.93. The maximum atomic E-state index is 13.4. The molecule has 0 unspecified atom stereocenters. The lowest BCUT2D eigenvalue weighted by Gasteiger charge is -2.14. The average molecular weight is 346 g/mol. The SMILES string of the molecule is Cc1nc(NCCNC(=O)Nc2ccc(C)c(F)c2)cc(N(C)C)n1. The molecule has 0 aliphatic heterocycles. The molecule has 2 amide bonds. The van der Waals surface area contributed by atoms with Crippen LogP contribution < -0.4 is 20.9 Å². The number of urea groups is 1. The number of anilines is 3. The Hall–Kier alpha value is -2.90. The van der Waals surface area contributed by atoms with Gasteiger partial charge in [0, 0.05) is 38.9 Å². The van der Waals surface area contributed by atoms with Gasteiger partial charge in [-0.2, -0.15) is 0 Å². The normalized spacial score (nSPS) is 10.3. The van der Waals surface area contributed by atoms with Crippen LogP contribution in [-0.2, 0) is 0 Å². The van der Waals surface area contributed by atoms with Crippen LogP contribution in [-0.4, -0.2) is 43.2 Å². The van der Waals surface area contributed by atoms with E-state index in [9.17, 15) is 9.18 Å². The summed E-state index contributed by atoms with van der Waals surface area (Å²) in [4.78, 5) is 22.3. The zero-order chi connectivity index (χ0) is 18.4. The van der Waals surface area contributed by atoms with E-state index in [0.29, 0.717) is 36.0 Å². The molecular weight excluding hydrogens is 323 g/mol. The van der Waals surface area contributed by atoms with Gasteiger partial charge < -0.3 is 20.9 Å². The zero-order valence-corrected chi connectivity index (χ0v) is 14.9. The van der Waals surface area contributed by atoms with Gasteiger partial charge in [-0.3, -0.25) is 0 Å². The quantitative estimate of drug-likeness (QED) is 0.700. The fourth-order valence-electron chi connectivity index (χ4n) is 2.08. The standard InChI is InChI=1S/C17H23FN6O/c1-11-5-6-13(9-14(11)18)23-17(25)20-8-7-19-15-10-16(24(3)4)22-12(2)21-15/h5-6,9-10H,7-8H2,1-4H3,(H,19,21,22)(H2,20,23,25). The van der Waals surface area contributed by atoms with Crippen molar-refractivity contribution in [2.45, 2.75) is 13.8 Å². The van der Waals surface area contributed by atoms with Gasteiger partial charge in [-0.05, 0) is 31.5 Å². The van der Waals surface area contributed by atoms with Gasteiger partial charge in [0.2, 0.25) is 0 Å². The highest BCUT2D eigenvalue weighted by Crippen LogP contribution is 2.14. The number of nitrogens with one attached hydrogen (secondary N) is 3. The van der Waals surface area contributed by atoms with Gasteiger partial charge in [0.05, 0.1) is 0 Å². The number of aromatic nitrogens is 2. The number of hydrogen-bond donors (Lipinski definition) is 3. The van der Waals surface area contributed by atoms with Crippen LogP contribution >= 0.6 is 0 Å². The zero-order valence-electron chi connectivity index (χ0n) is 14.9. The lowest BCUT2D eigenvalue weighted by atomic mass is 10.2. The summed E-state index contributed by atoms with van der Waals surface area (Å²) in [6.45, 7) is 4.38.